The summed E-state index contributed by atoms with van der Waals surface area (Å²) in [5.74, 6) is -0.922. The van der Waals surface area contributed by atoms with Gasteiger partial charge in [-0.2, -0.15) is 13.2 Å². The van der Waals surface area contributed by atoms with Crippen molar-refractivity contribution in [2.24, 2.45) is 0 Å². The highest BCUT2D eigenvalue weighted by molar-refractivity contribution is 5.82. The molecule has 0 aliphatic rings. The largest absolute Gasteiger partial charge is 0.444 e. The molecule has 0 bridgehead atoms. The van der Waals surface area contributed by atoms with E-state index in [0.717, 1.165) is 4.90 Å². The van der Waals surface area contributed by atoms with Crippen molar-refractivity contribution in [3.63, 3.8) is 0 Å². The third-order valence-corrected chi connectivity index (χ3v) is 2.04. The van der Waals surface area contributed by atoms with Crippen LogP contribution in [0, 0.1) is 0 Å². The van der Waals surface area contributed by atoms with Gasteiger partial charge in [0.25, 0.3) is 0 Å². The lowest BCUT2D eigenvalue weighted by Crippen LogP contribution is -2.46. The Labute approximate surface area is 121 Å². The average Bonchev–Trinajstić information content (AvgIpc) is 2.28. The Morgan fingerprint density at radius 2 is 1.76 bits per heavy atom. The van der Waals surface area contributed by atoms with Crippen LogP contribution in [0.2, 0.25) is 0 Å². The number of halogens is 3. The van der Waals surface area contributed by atoms with Crippen LogP contribution in [0.5, 0.6) is 0 Å². The summed E-state index contributed by atoms with van der Waals surface area (Å²) in [6.45, 7) is 3.11. The van der Waals surface area contributed by atoms with Crippen molar-refractivity contribution in [3.05, 3.63) is 0 Å². The highest BCUT2D eigenvalue weighted by Gasteiger charge is 2.29. The van der Waals surface area contributed by atoms with Crippen molar-refractivity contribution >= 4 is 12.0 Å². The van der Waals surface area contributed by atoms with Gasteiger partial charge in [0, 0.05) is 13.7 Å². The first-order chi connectivity index (χ1) is 9.44. The number of carbonyl (C=O) groups excluding carboxylic acids is 2. The summed E-state index contributed by atoms with van der Waals surface area (Å²) in [7, 11) is 1.40. The van der Waals surface area contributed by atoms with Crippen LogP contribution in [0.15, 0.2) is 0 Å². The summed E-state index contributed by atoms with van der Waals surface area (Å²) in [6, 6.07) is 0. The van der Waals surface area contributed by atoms with Gasteiger partial charge in [0.15, 0.2) is 0 Å². The smallest absolute Gasteiger partial charge is 0.410 e. The summed E-state index contributed by atoms with van der Waals surface area (Å²) in [4.78, 5) is 24.3. The maximum atomic E-state index is 12.0. The zero-order valence-electron chi connectivity index (χ0n) is 12.5. The SMILES string of the molecule is COCCN(CC(=O)NCC(F)(F)F)C(=O)OC(C)(C)C. The van der Waals surface area contributed by atoms with Gasteiger partial charge in [-0.15, -0.1) is 0 Å². The lowest BCUT2D eigenvalue weighted by molar-refractivity contribution is -0.139. The van der Waals surface area contributed by atoms with Crippen molar-refractivity contribution in [3.8, 4) is 0 Å². The van der Waals surface area contributed by atoms with Gasteiger partial charge < -0.3 is 14.8 Å². The molecule has 1 N–H and O–H groups in total. The molecular weight excluding hydrogens is 293 g/mol. The van der Waals surface area contributed by atoms with Gasteiger partial charge in [-0.1, -0.05) is 0 Å². The predicted octanol–water partition coefficient (Wildman–Crippen LogP) is 1.55. The molecule has 0 heterocycles. The van der Waals surface area contributed by atoms with Crippen molar-refractivity contribution in [1.82, 2.24) is 10.2 Å². The van der Waals surface area contributed by atoms with Crippen LogP contribution in [-0.2, 0) is 14.3 Å². The fourth-order valence-corrected chi connectivity index (χ4v) is 1.19. The molecule has 0 saturated heterocycles. The van der Waals surface area contributed by atoms with Gasteiger partial charge in [-0.25, -0.2) is 4.79 Å². The molecule has 0 saturated carbocycles. The molecule has 0 aromatic carbocycles. The molecule has 0 aliphatic heterocycles. The van der Waals surface area contributed by atoms with Crippen LogP contribution in [0.4, 0.5) is 18.0 Å². The molecule has 0 spiro atoms. The van der Waals surface area contributed by atoms with Crippen molar-refractivity contribution < 1.29 is 32.2 Å². The Balaban J connectivity index is 4.54. The predicted molar refractivity (Wildman–Crippen MR) is 68.7 cm³/mol. The summed E-state index contributed by atoms with van der Waals surface area (Å²) in [5.41, 5.74) is -0.773. The molecule has 6 nitrogen and oxygen atoms in total. The molecule has 0 aromatic heterocycles. The number of nitrogens with zero attached hydrogens (tertiary/aromatic N) is 1. The van der Waals surface area contributed by atoms with E-state index in [9.17, 15) is 22.8 Å². The van der Waals surface area contributed by atoms with E-state index in [1.54, 1.807) is 26.1 Å². The number of rotatable bonds is 6. The maximum Gasteiger partial charge on any atom is 0.410 e. The monoisotopic (exact) mass is 314 g/mol. The fourth-order valence-electron chi connectivity index (χ4n) is 1.19. The summed E-state index contributed by atoms with van der Waals surface area (Å²) >= 11 is 0. The number of methoxy groups -OCH3 is 1. The van der Waals surface area contributed by atoms with Crippen LogP contribution < -0.4 is 5.32 Å². The third-order valence-electron chi connectivity index (χ3n) is 2.04. The van der Waals surface area contributed by atoms with E-state index in [0.29, 0.717) is 0 Å². The van der Waals surface area contributed by atoms with Gasteiger partial charge in [-0.05, 0) is 20.8 Å². The van der Waals surface area contributed by atoms with Gasteiger partial charge in [0.1, 0.15) is 18.7 Å². The van der Waals surface area contributed by atoms with Crippen LogP contribution in [-0.4, -0.2) is 62.0 Å². The van der Waals surface area contributed by atoms with E-state index in [2.05, 4.69) is 0 Å². The standard InChI is InChI=1S/C12H21F3N2O4/c1-11(2,3)21-10(19)17(5-6-20-4)7-9(18)16-8-12(13,14)15/h5-8H2,1-4H3,(H,16,18). The first-order valence-corrected chi connectivity index (χ1v) is 6.25. The molecular formula is C12H21F3N2O4. The lowest BCUT2D eigenvalue weighted by Gasteiger charge is -2.26. The number of amides is 2. The van der Waals surface area contributed by atoms with E-state index < -0.39 is 36.9 Å². The van der Waals surface area contributed by atoms with Gasteiger partial charge in [-0.3, -0.25) is 9.69 Å². The van der Waals surface area contributed by atoms with Crippen LogP contribution in [0.1, 0.15) is 20.8 Å². The highest BCUT2D eigenvalue weighted by atomic mass is 19.4. The summed E-state index contributed by atoms with van der Waals surface area (Å²) < 4.78 is 45.9. The molecule has 21 heavy (non-hydrogen) atoms. The van der Waals surface area contributed by atoms with E-state index in [4.69, 9.17) is 9.47 Å². The highest BCUT2D eigenvalue weighted by Crippen LogP contribution is 2.12. The second kappa shape index (κ2) is 8.06. The van der Waals surface area contributed by atoms with E-state index >= 15 is 0 Å². The van der Waals surface area contributed by atoms with E-state index in [1.165, 1.54) is 7.11 Å². The molecule has 124 valence electrons. The minimum atomic E-state index is -4.50. The van der Waals surface area contributed by atoms with Crippen LogP contribution in [0.3, 0.4) is 0 Å². The second-order valence-corrected chi connectivity index (χ2v) is 5.29. The third kappa shape index (κ3) is 10.9. The molecule has 0 aliphatic carbocycles. The molecule has 0 aromatic rings. The Kier molecular flexibility index (Phi) is 7.48. The molecule has 0 rings (SSSR count). The number of hydrogen-bond acceptors (Lipinski definition) is 4. The number of nitrogens with one attached hydrogen (secondary N) is 1. The Hall–Kier alpha value is -1.51. The maximum absolute atomic E-state index is 12.0. The van der Waals surface area contributed by atoms with Gasteiger partial charge in [0.05, 0.1) is 6.61 Å². The number of ether oxygens (including phenoxy) is 2. The van der Waals surface area contributed by atoms with E-state index in [1.807, 2.05) is 0 Å². The molecule has 0 atom stereocenters. The Morgan fingerprint density at radius 3 is 2.19 bits per heavy atom. The van der Waals surface area contributed by atoms with Crippen LogP contribution in [0.25, 0.3) is 0 Å². The Bertz CT molecular complexity index is 353. The number of hydrogen-bond donors (Lipinski definition) is 1. The zero-order valence-corrected chi connectivity index (χ0v) is 12.5. The summed E-state index contributed by atoms with van der Waals surface area (Å²) in [6.07, 6.45) is -5.29. The van der Waals surface area contributed by atoms with Gasteiger partial charge >= 0.3 is 12.3 Å². The normalized spacial score (nSPS) is 12.0. The first-order valence-electron chi connectivity index (χ1n) is 6.25. The minimum absolute atomic E-state index is 0.0326. The zero-order chi connectivity index (χ0) is 16.7. The first kappa shape index (κ1) is 19.5. The topological polar surface area (TPSA) is 67.9 Å². The Morgan fingerprint density at radius 1 is 1.19 bits per heavy atom. The average molecular weight is 314 g/mol. The molecule has 0 fully saturated rings. The fraction of sp³-hybridized carbons (Fsp3) is 0.833. The van der Waals surface area contributed by atoms with Crippen molar-refractivity contribution in [2.75, 3.05) is 33.4 Å². The van der Waals surface area contributed by atoms with Gasteiger partial charge in [0.2, 0.25) is 5.91 Å². The van der Waals surface area contributed by atoms with Crippen molar-refractivity contribution in [1.29, 1.82) is 0 Å². The summed E-state index contributed by atoms with van der Waals surface area (Å²) in [5, 5.41) is 1.69. The molecule has 0 radical (unpaired) electrons. The number of carbonyl (C=O) groups is 2. The van der Waals surface area contributed by atoms with E-state index in [-0.39, 0.29) is 13.2 Å². The molecule has 2 amide bonds. The minimum Gasteiger partial charge on any atom is -0.444 e. The quantitative estimate of drug-likeness (QED) is 0.808. The van der Waals surface area contributed by atoms with Crippen LogP contribution >= 0.6 is 0 Å². The number of alkyl halides is 3. The van der Waals surface area contributed by atoms with Crippen molar-refractivity contribution in [2.45, 2.75) is 32.5 Å². The lowest BCUT2D eigenvalue weighted by atomic mass is 10.2. The molecule has 0 unspecified atom stereocenters. The second-order valence-electron chi connectivity index (χ2n) is 5.29. The molecule has 9 heteroatoms.